The third-order valence-corrected chi connectivity index (χ3v) is 16.7. The van der Waals surface area contributed by atoms with E-state index in [0.717, 1.165) is 31.0 Å². The van der Waals surface area contributed by atoms with Crippen molar-refractivity contribution in [3.05, 3.63) is 130 Å². The fraction of sp³-hybridized carbons (Fsp3) is 0.413. The maximum atomic E-state index is 14.7. The highest BCUT2D eigenvalue weighted by atomic mass is 32.2. The quantitative estimate of drug-likeness (QED) is 0.153. The van der Waals surface area contributed by atoms with Crippen LogP contribution < -0.4 is 15.8 Å². The van der Waals surface area contributed by atoms with Gasteiger partial charge in [-0.25, -0.2) is 39.2 Å². The summed E-state index contributed by atoms with van der Waals surface area (Å²) in [6.07, 6.45) is 1.33. The second kappa shape index (κ2) is 17.5. The first-order valence-electron chi connectivity index (χ1n) is 20.0. The molecule has 1 saturated carbocycles. The fourth-order valence-electron chi connectivity index (χ4n) is 7.63. The molecule has 64 heavy (non-hydrogen) atoms. The Morgan fingerprint density at radius 3 is 1.75 bits per heavy atom. The molecule has 2 heterocycles. The summed E-state index contributed by atoms with van der Waals surface area (Å²) in [5, 5.41) is 12.4. The molecule has 1 aliphatic carbocycles. The molecule has 7 rings (SSSR count). The van der Waals surface area contributed by atoms with Gasteiger partial charge in [0.05, 0.1) is 18.1 Å². The van der Waals surface area contributed by atoms with Crippen molar-refractivity contribution < 1.29 is 53.8 Å². The number of hydrogen-bond donors (Lipinski definition) is 3. The highest BCUT2D eigenvalue weighted by Crippen LogP contribution is 2.45. The monoisotopic (exact) mass is 930 g/mol. The molecule has 0 radical (unpaired) electrons. The Bertz CT molecular complexity index is 2740. The Morgan fingerprint density at radius 1 is 0.766 bits per heavy atom. The van der Waals surface area contributed by atoms with Crippen molar-refractivity contribution in [1.29, 1.82) is 0 Å². The number of aromatic hydroxyl groups is 1. The van der Waals surface area contributed by atoms with Gasteiger partial charge >= 0.3 is 6.09 Å². The van der Waals surface area contributed by atoms with Crippen LogP contribution in [0.15, 0.2) is 94.9 Å². The maximum Gasteiger partial charge on any atom is 0.413 e. The Hall–Kier alpha value is -5.49. The van der Waals surface area contributed by atoms with E-state index in [4.69, 9.17) is 15.2 Å². The molecule has 4 aromatic rings. The average molecular weight is 931 g/mol. The van der Waals surface area contributed by atoms with E-state index in [1.54, 1.807) is 45.0 Å². The first kappa shape index (κ1) is 49.5. The molecule has 0 bridgehead atoms. The smallest absolute Gasteiger partial charge is 0.413 e. The van der Waals surface area contributed by atoms with Crippen molar-refractivity contribution in [3.8, 4) is 11.5 Å². The minimum Gasteiger partial charge on any atom is -0.508 e. The Morgan fingerprint density at radius 2 is 1.27 bits per heavy atom. The van der Waals surface area contributed by atoms with Gasteiger partial charge in [0.2, 0.25) is 0 Å². The number of ether oxygens (including phenoxy) is 2. The van der Waals surface area contributed by atoms with Gasteiger partial charge in [0.15, 0.2) is 29.2 Å². The molecule has 0 saturated heterocycles. The SMILES string of the molecule is C.CC(C)(C)OC(=O)NC1=N[C@](C)(c2ccc(F)cc2F)CS(=O)(=O)[C@@]1(C)c1cccc(O)c1.C[C@@]1(c2ccc(F)cc2F)CS(=O)(=O)[C@@](C)(c2cccc(OCC3CC3)c2)C(N)=N1. The summed E-state index contributed by atoms with van der Waals surface area (Å²) in [4.78, 5) is 21.5. The van der Waals surface area contributed by atoms with Crippen LogP contribution in [0.4, 0.5) is 22.4 Å². The Labute approximate surface area is 371 Å². The molecular weight excluding hydrogens is 877 g/mol. The molecule has 3 aliphatic rings. The van der Waals surface area contributed by atoms with Gasteiger partial charge in [-0.05, 0) is 115 Å². The predicted octanol–water partition coefficient (Wildman–Crippen LogP) is 8.46. The van der Waals surface area contributed by atoms with Gasteiger partial charge in [-0.2, -0.15) is 0 Å². The molecule has 0 unspecified atom stereocenters. The highest BCUT2D eigenvalue weighted by Gasteiger charge is 2.56. The van der Waals surface area contributed by atoms with Crippen LogP contribution in [0.5, 0.6) is 11.5 Å². The molecule has 4 atom stereocenters. The van der Waals surface area contributed by atoms with Crippen LogP contribution >= 0.6 is 0 Å². The summed E-state index contributed by atoms with van der Waals surface area (Å²) in [5.41, 5.74) is 2.65. The number of hydrogen-bond acceptors (Lipinski definition) is 11. The lowest BCUT2D eigenvalue weighted by atomic mass is 9.91. The van der Waals surface area contributed by atoms with E-state index in [2.05, 4.69) is 15.3 Å². The molecule has 12 nitrogen and oxygen atoms in total. The van der Waals surface area contributed by atoms with Crippen molar-refractivity contribution in [2.75, 3.05) is 18.1 Å². The molecule has 2 aliphatic heterocycles. The van der Waals surface area contributed by atoms with Crippen LogP contribution in [0.1, 0.15) is 91.0 Å². The van der Waals surface area contributed by atoms with Gasteiger partial charge in [-0.3, -0.25) is 15.3 Å². The summed E-state index contributed by atoms with van der Waals surface area (Å²) in [6.45, 7) is 11.2. The molecule has 4 aromatic carbocycles. The zero-order valence-corrected chi connectivity index (χ0v) is 37.4. The molecule has 18 heteroatoms. The van der Waals surface area contributed by atoms with Gasteiger partial charge in [0, 0.05) is 23.3 Å². The van der Waals surface area contributed by atoms with Crippen molar-refractivity contribution >= 4 is 37.4 Å². The number of phenolic OH excluding ortho intramolecular Hbond substituents is 1. The van der Waals surface area contributed by atoms with Gasteiger partial charge in [0.1, 0.15) is 63.1 Å². The number of amidine groups is 2. The fourth-order valence-corrected chi connectivity index (χ4v) is 11.9. The number of carbonyl (C=O) groups excluding carboxylic acids is 1. The lowest BCUT2D eigenvalue weighted by Crippen LogP contribution is -2.57. The number of nitrogens with zero attached hydrogens (tertiary/aromatic N) is 2. The number of rotatable bonds is 7. The standard InChI is InChI=1S/C23H26F2N2O5S.C22H24F2N2O3S.CH4/c1-21(2,3)32-20(29)26-19-23(5,14-7-6-8-16(28)11-14)33(30,31)13-22(4,27-19)17-10-9-15(24)12-18(17)25;1-21(18-9-8-16(23)11-19(18)24)13-30(27,28)22(2,20(25)26-21)15-4-3-5-17(10-15)29-12-14-6-7-14;/h6-12,28H,13H2,1-5H3,(H,26,27,29);3-5,8-11,14H,6-7,12-13H2,1-2H3,(H2,25,26);1H4/t22-,23-;21-,22-;/m00./s1. The van der Waals surface area contributed by atoms with Gasteiger partial charge in [-0.15, -0.1) is 0 Å². The van der Waals surface area contributed by atoms with E-state index in [1.807, 2.05) is 0 Å². The molecule has 0 spiro atoms. The zero-order chi connectivity index (χ0) is 46.6. The summed E-state index contributed by atoms with van der Waals surface area (Å²) in [5.74, 6) is -3.99. The first-order chi connectivity index (χ1) is 29.1. The molecule has 4 N–H and O–H groups in total. The minimum atomic E-state index is -4.19. The second-order valence-corrected chi connectivity index (χ2v) is 22.5. The molecule has 1 amide bonds. The van der Waals surface area contributed by atoms with Crippen LogP contribution in [0.3, 0.4) is 0 Å². The van der Waals surface area contributed by atoms with E-state index in [1.165, 1.54) is 58.0 Å². The topological polar surface area (TPSA) is 187 Å². The van der Waals surface area contributed by atoms with E-state index in [0.29, 0.717) is 36.0 Å². The van der Waals surface area contributed by atoms with Crippen molar-refractivity contribution in [2.24, 2.45) is 21.6 Å². The second-order valence-electron chi connectivity index (χ2n) is 17.8. The van der Waals surface area contributed by atoms with Crippen LogP contribution in [0, 0.1) is 29.2 Å². The molecule has 0 aromatic heterocycles. The summed E-state index contributed by atoms with van der Waals surface area (Å²) < 4.78 is 118. The maximum absolute atomic E-state index is 14.7. The Kier molecular flexibility index (Phi) is 13.5. The van der Waals surface area contributed by atoms with Gasteiger partial charge in [0.25, 0.3) is 0 Å². The number of phenols is 1. The van der Waals surface area contributed by atoms with Crippen LogP contribution in [0.2, 0.25) is 0 Å². The number of benzene rings is 4. The predicted molar refractivity (Wildman–Crippen MR) is 238 cm³/mol. The number of sulfone groups is 2. The van der Waals surface area contributed by atoms with Gasteiger partial charge in [-0.1, -0.05) is 43.8 Å². The lowest BCUT2D eigenvalue weighted by molar-refractivity contribution is 0.0560. The van der Waals surface area contributed by atoms with E-state index < -0.39 is 86.7 Å². The molecule has 346 valence electrons. The summed E-state index contributed by atoms with van der Waals surface area (Å²) in [7, 11) is -8.10. The summed E-state index contributed by atoms with van der Waals surface area (Å²) in [6, 6.07) is 18.2. The summed E-state index contributed by atoms with van der Waals surface area (Å²) >= 11 is 0. The Balaban J connectivity index is 0.000000238. The van der Waals surface area contributed by atoms with E-state index in [9.17, 15) is 44.3 Å². The third kappa shape index (κ3) is 9.77. The van der Waals surface area contributed by atoms with Crippen LogP contribution in [0.25, 0.3) is 0 Å². The first-order valence-corrected chi connectivity index (χ1v) is 23.3. The highest BCUT2D eigenvalue weighted by molar-refractivity contribution is 7.93. The lowest BCUT2D eigenvalue weighted by Gasteiger charge is -2.41. The van der Waals surface area contributed by atoms with Crippen molar-refractivity contribution in [3.63, 3.8) is 0 Å². The normalized spacial score (nSPS) is 25.9. The van der Waals surface area contributed by atoms with Gasteiger partial charge < -0.3 is 20.3 Å². The number of amides is 1. The number of halogens is 4. The number of carbonyl (C=O) groups is 1. The molecular formula is C46H54F4N4O8S2. The largest absolute Gasteiger partial charge is 0.508 e. The molecule has 1 fully saturated rings. The zero-order valence-electron chi connectivity index (χ0n) is 35.8. The van der Waals surface area contributed by atoms with E-state index in [-0.39, 0.29) is 41.5 Å². The van der Waals surface area contributed by atoms with Crippen LogP contribution in [-0.4, -0.2) is 63.4 Å². The number of nitrogens with one attached hydrogen (secondary N) is 1. The number of nitrogens with two attached hydrogens (primary N) is 1. The number of aliphatic imine (C=N–C) groups is 2. The average Bonchev–Trinajstić information content (AvgIpc) is 3.99. The third-order valence-electron chi connectivity index (χ3n) is 11.5. The van der Waals surface area contributed by atoms with Crippen molar-refractivity contribution in [1.82, 2.24) is 5.32 Å². The van der Waals surface area contributed by atoms with E-state index >= 15 is 0 Å². The van der Waals surface area contributed by atoms with Crippen molar-refractivity contribution in [2.45, 2.75) is 94.9 Å². The van der Waals surface area contributed by atoms with Crippen LogP contribution in [-0.2, 0) is 45.0 Å². The number of alkyl carbamates (subject to hydrolysis) is 1. The minimum absolute atomic E-state index is 0.